The number of hydrogen-bond donors (Lipinski definition) is 1. The molecule has 1 saturated heterocycles. The first-order valence-corrected chi connectivity index (χ1v) is 7.17. The van der Waals surface area contributed by atoms with Crippen LogP contribution in [0, 0.1) is 5.92 Å². The Balaban J connectivity index is 2.05. The fraction of sp³-hybridized carbons (Fsp3) is 0.600. The van der Waals surface area contributed by atoms with E-state index in [1.54, 1.807) is 0 Å². The van der Waals surface area contributed by atoms with Crippen LogP contribution in [0.4, 0.5) is 0 Å². The SMILES string of the molecule is CN(C)C(CC1CCCNC1)c1ccc(Cl)cc1. The summed E-state index contributed by atoms with van der Waals surface area (Å²) in [6, 6.07) is 8.79. The van der Waals surface area contributed by atoms with Crippen molar-refractivity contribution in [3.05, 3.63) is 34.9 Å². The second-order valence-electron chi connectivity index (χ2n) is 5.48. The van der Waals surface area contributed by atoms with E-state index in [4.69, 9.17) is 11.6 Å². The molecule has 2 rings (SSSR count). The Labute approximate surface area is 115 Å². The summed E-state index contributed by atoms with van der Waals surface area (Å²) in [5.41, 5.74) is 1.37. The highest BCUT2D eigenvalue weighted by molar-refractivity contribution is 6.30. The molecule has 0 radical (unpaired) electrons. The van der Waals surface area contributed by atoms with Gasteiger partial charge in [0.1, 0.15) is 0 Å². The van der Waals surface area contributed by atoms with Gasteiger partial charge in [-0.3, -0.25) is 0 Å². The molecule has 0 aromatic heterocycles. The van der Waals surface area contributed by atoms with Crippen molar-refractivity contribution in [1.82, 2.24) is 10.2 Å². The molecule has 18 heavy (non-hydrogen) atoms. The lowest BCUT2D eigenvalue weighted by molar-refractivity contribution is 0.225. The highest BCUT2D eigenvalue weighted by Crippen LogP contribution is 2.29. The Morgan fingerprint density at radius 1 is 1.33 bits per heavy atom. The van der Waals surface area contributed by atoms with Crippen LogP contribution in [0.3, 0.4) is 0 Å². The molecule has 2 unspecified atom stereocenters. The highest BCUT2D eigenvalue weighted by atomic mass is 35.5. The van der Waals surface area contributed by atoms with Crippen LogP contribution in [-0.2, 0) is 0 Å². The fourth-order valence-electron chi connectivity index (χ4n) is 2.77. The largest absolute Gasteiger partial charge is 0.316 e. The van der Waals surface area contributed by atoms with Crippen LogP contribution in [0.5, 0.6) is 0 Å². The number of halogens is 1. The minimum absolute atomic E-state index is 0.493. The quantitative estimate of drug-likeness (QED) is 0.899. The van der Waals surface area contributed by atoms with Gasteiger partial charge in [-0.1, -0.05) is 23.7 Å². The molecule has 1 aromatic rings. The van der Waals surface area contributed by atoms with Crippen molar-refractivity contribution in [3.8, 4) is 0 Å². The number of hydrogen-bond acceptors (Lipinski definition) is 2. The molecular weight excluding hydrogens is 244 g/mol. The molecule has 1 heterocycles. The van der Waals surface area contributed by atoms with Crippen LogP contribution in [0.15, 0.2) is 24.3 Å². The van der Waals surface area contributed by atoms with Crippen LogP contribution < -0.4 is 5.32 Å². The number of nitrogens with zero attached hydrogens (tertiary/aromatic N) is 1. The molecule has 1 N–H and O–H groups in total. The maximum Gasteiger partial charge on any atom is 0.0406 e. The van der Waals surface area contributed by atoms with Gasteiger partial charge in [-0.25, -0.2) is 0 Å². The molecular formula is C15H23ClN2. The van der Waals surface area contributed by atoms with Crippen molar-refractivity contribution in [3.63, 3.8) is 0 Å². The summed E-state index contributed by atoms with van der Waals surface area (Å²) in [6.07, 6.45) is 3.89. The lowest BCUT2D eigenvalue weighted by atomic mass is 9.89. The summed E-state index contributed by atoms with van der Waals surface area (Å²) in [7, 11) is 4.32. The Morgan fingerprint density at radius 2 is 2.06 bits per heavy atom. The van der Waals surface area contributed by atoms with Gasteiger partial charge in [0.05, 0.1) is 0 Å². The maximum absolute atomic E-state index is 5.96. The van der Waals surface area contributed by atoms with Crippen LogP contribution in [-0.4, -0.2) is 32.1 Å². The normalized spacial score (nSPS) is 22.1. The first-order valence-electron chi connectivity index (χ1n) is 6.79. The summed E-state index contributed by atoms with van der Waals surface area (Å²) in [5.74, 6) is 0.793. The summed E-state index contributed by atoms with van der Waals surface area (Å²) in [6.45, 7) is 2.35. The van der Waals surface area contributed by atoms with Gasteiger partial charge in [0.25, 0.3) is 0 Å². The van der Waals surface area contributed by atoms with Gasteiger partial charge >= 0.3 is 0 Å². The van der Waals surface area contributed by atoms with Crippen molar-refractivity contribution in [2.75, 3.05) is 27.2 Å². The van der Waals surface area contributed by atoms with Gasteiger partial charge in [-0.05, 0) is 70.1 Å². The molecule has 0 saturated carbocycles. The smallest absolute Gasteiger partial charge is 0.0406 e. The predicted octanol–water partition coefficient (Wildman–Crippen LogP) is 3.33. The zero-order valence-electron chi connectivity index (χ0n) is 11.3. The van der Waals surface area contributed by atoms with E-state index in [9.17, 15) is 0 Å². The van der Waals surface area contributed by atoms with Crippen LogP contribution in [0.2, 0.25) is 5.02 Å². The summed E-state index contributed by atoms with van der Waals surface area (Å²) in [5, 5.41) is 4.32. The first-order chi connectivity index (χ1) is 8.66. The van der Waals surface area contributed by atoms with Crippen LogP contribution in [0.1, 0.15) is 30.9 Å². The number of nitrogens with one attached hydrogen (secondary N) is 1. The van der Waals surface area contributed by atoms with E-state index in [-0.39, 0.29) is 0 Å². The van der Waals surface area contributed by atoms with Crippen molar-refractivity contribution >= 4 is 11.6 Å². The van der Waals surface area contributed by atoms with Crippen LogP contribution >= 0.6 is 11.6 Å². The third kappa shape index (κ3) is 3.71. The van der Waals surface area contributed by atoms with Gasteiger partial charge in [-0.2, -0.15) is 0 Å². The van der Waals surface area contributed by atoms with Crippen molar-refractivity contribution < 1.29 is 0 Å². The topological polar surface area (TPSA) is 15.3 Å². The van der Waals surface area contributed by atoms with E-state index in [1.165, 1.54) is 31.4 Å². The zero-order chi connectivity index (χ0) is 13.0. The van der Waals surface area contributed by atoms with Gasteiger partial charge in [-0.15, -0.1) is 0 Å². The second kappa shape index (κ2) is 6.55. The third-order valence-electron chi connectivity index (χ3n) is 3.83. The minimum atomic E-state index is 0.493. The van der Waals surface area contributed by atoms with Crippen LogP contribution in [0.25, 0.3) is 0 Å². The summed E-state index contributed by atoms with van der Waals surface area (Å²) in [4.78, 5) is 2.32. The summed E-state index contributed by atoms with van der Waals surface area (Å²) >= 11 is 5.96. The molecule has 2 atom stereocenters. The van der Waals surface area contributed by atoms with Crippen molar-refractivity contribution in [1.29, 1.82) is 0 Å². The van der Waals surface area contributed by atoms with Gasteiger partial charge in [0.2, 0.25) is 0 Å². The molecule has 1 fully saturated rings. The van der Waals surface area contributed by atoms with E-state index >= 15 is 0 Å². The zero-order valence-corrected chi connectivity index (χ0v) is 12.1. The second-order valence-corrected chi connectivity index (χ2v) is 5.92. The molecule has 1 aromatic carbocycles. The molecule has 0 amide bonds. The van der Waals surface area contributed by atoms with Crippen molar-refractivity contribution in [2.24, 2.45) is 5.92 Å². The summed E-state index contributed by atoms with van der Waals surface area (Å²) < 4.78 is 0. The van der Waals surface area contributed by atoms with Gasteiger partial charge < -0.3 is 10.2 Å². The Hall–Kier alpha value is -0.570. The molecule has 100 valence electrons. The number of benzene rings is 1. The number of piperidine rings is 1. The Morgan fingerprint density at radius 3 is 2.61 bits per heavy atom. The lowest BCUT2D eigenvalue weighted by Crippen LogP contribution is -2.33. The van der Waals surface area contributed by atoms with E-state index in [1.807, 2.05) is 12.1 Å². The molecule has 0 aliphatic carbocycles. The van der Waals surface area contributed by atoms with E-state index in [0.29, 0.717) is 6.04 Å². The highest BCUT2D eigenvalue weighted by Gasteiger charge is 2.21. The third-order valence-corrected chi connectivity index (χ3v) is 4.09. The molecule has 1 aliphatic heterocycles. The lowest BCUT2D eigenvalue weighted by Gasteiger charge is -2.31. The minimum Gasteiger partial charge on any atom is -0.316 e. The van der Waals surface area contributed by atoms with E-state index in [0.717, 1.165) is 17.5 Å². The molecule has 2 nitrogen and oxygen atoms in total. The maximum atomic E-state index is 5.96. The average Bonchev–Trinajstić information content (AvgIpc) is 2.38. The van der Waals surface area contributed by atoms with E-state index in [2.05, 4.69) is 36.4 Å². The fourth-order valence-corrected chi connectivity index (χ4v) is 2.90. The Bertz CT molecular complexity index is 355. The molecule has 1 aliphatic rings. The standard InChI is InChI=1S/C15H23ClN2/c1-18(2)15(10-12-4-3-9-17-11-12)13-5-7-14(16)8-6-13/h5-8,12,15,17H,3-4,9-11H2,1-2H3. The molecule has 0 bridgehead atoms. The van der Waals surface area contributed by atoms with Crippen molar-refractivity contribution in [2.45, 2.75) is 25.3 Å². The monoisotopic (exact) mass is 266 g/mol. The van der Waals surface area contributed by atoms with Gasteiger partial charge in [0.15, 0.2) is 0 Å². The van der Waals surface area contributed by atoms with E-state index < -0.39 is 0 Å². The first kappa shape index (κ1) is 13.9. The number of rotatable bonds is 4. The Kier molecular flexibility index (Phi) is 5.04. The average molecular weight is 267 g/mol. The molecule has 0 spiro atoms. The molecule has 3 heteroatoms. The van der Waals surface area contributed by atoms with Gasteiger partial charge in [0, 0.05) is 11.1 Å². The predicted molar refractivity (Wildman–Crippen MR) is 78.1 cm³/mol.